The molecule has 0 N–H and O–H groups in total. The highest BCUT2D eigenvalue weighted by Gasteiger charge is 2.02. The molecule has 0 aliphatic carbocycles. The molecule has 19 heavy (non-hydrogen) atoms. The Morgan fingerprint density at radius 1 is 1.16 bits per heavy atom. The lowest BCUT2D eigenvalue weighted by Crippen LogP contribution is -2.05. The largest absolute Gasteiger partial charge is 0.497 e. The molecular weight excluding hydrogens is 240 g/mol. The molecule has 102 valence electrons. The second kappa shape index (κ2) is 6.95. The van der Waals surface area contributed by atoms with Crippen LogP contribution in [0, 0.1) is 0 Å². The van der Waals surface area contributed by atoms with Crippen LogP contribution < -0.4 is 4.74 Å². The number of imidazole rings is 1. The van der Waals surface area contributed by atoms with E-state index in [1.165, 1.54) is 0 Å². The molecule has 0 fully saturated rings. The molecule has 0 saturated heterocycles. The van der Waals surface area contributed by atoms with E-state index in [4.69, 9.17) is 9.47 Å². The van der Waals surface area contributed by atoms with Gasteiger partial charge in [-0.05, 0) is 24.1 Å². The van der Waals surface area contributed by atoms with Gasteiger partial charge < -0.3 is 14.0 Å². The first kappa shape index (κ1) is 13.6. The first-order chi connectivity index (χ1) is 9.33. The molecule has 4 nitrogen and oxygen atoms in total. The van der Waals surface area contributed by atoms with Gasteiger partial charge in [0.1, 0.15) is 18.2 Å². The fourth-order valence-electron chi connectivity index (χ4n) is 1.91. The molecule has 0 aliphatic rings. The van der Waals surface area contributed by atoms with Crippen LogP contribution in [-0.2, 0) is 24.5 Å². The van der Waals surface area contributed by atoms with Gasteiger partial charge in [-0.2, -0.15) is 0 Å². The third kappa shape index (κ3) is 3.83. The lowest BCUT2D eigenvalue weighted by molar-refractivity contribution is 0.0992. The van der Waals surface area contributed by atoms with Crippen molar-refractivity contribution in [3.05, 3.63) is 48.0 Å². The molecule has 0 unspecified atom stereocenters. The minimum absolute atomic E-state index is 0.541. The summed E-state index contributed by atoms with van der Waals surface area (Å²) in [5.41, 5.74) is 1.13. The molecule has 0 aliphatic heterocycles. The van der Waals surface area contributed by atoms with Gasteiger partial charge in [-0.3, -0.25) is 0 Å². The number of nitrogens with zero attached hydrogens (tertiary/aromatic N) is 2. The summed E-state index contributed by atoms with van der Waals surface area (Å²) in [5.74, 6) is 1.85. The maximum Gasteiger partial charge on any atom is 0.134 e. The predicted octanol–water partition coefficient (Wildman–Crippen LogP) is 3.02. The van der Waals surface area contributed by atoms with Gasteiger partial charge >= 0.3 is 0 Å². The van der Waals surface area contributed by atoms with Gasteiger partial charge in [-0.1, -0.05) is 19.1 Å². The van der Waals surface area contributed by atoms with Crippen molar-refractivity contribution in [3.63, 3.8) is 0 Å². The number of aromatic nitrogens is 2. The van der Waals surface area contributed by atoms with E-state index in [0.717, 1.165) is 30.1 Å². The van der Waals surface area contributed by atoms with Gasteiger partial charge in [0, 0.05) is 18.9 Å². The number of methoxy groups -OCH3 is 1. The fraction of sp³-hybridized carbons (Fsp3) is 0.400. The second-order valence-electron chi connectivity index (χ2n) is 4.38. The summed E-state index contributed by atoms with van der Waals surface area (Å²) in [4.78, 5) is 4.31. The normalized spacial score (nSPS) is 10.6. The van der Waals surface area contributed by atoms with Crippen LogP contribution in [-0.4, -0.2) is 16.7 Å². The molecule has 0 atom stereocenters. The van der Waals surface area contributed by atoms with Crippen LogP contribution in [0.4, 0.5) is 0 Å². The quantitative estimate of drug-likeness (QED) is 0.767. The van der Waals surface area contributed by atoms with E-state index in [-0.39, 0.29) is 0 Å². The maximum absolute atomic E-state index is 5.70. The zero-order chi connectivity index (χ0) is 13.5. The molecule has 2 aromatic rings. The lowest BCUT2D eigenvalue weighted by Gasteiger charge is -2.08. The van der Waals surface area contributed by atoms with Crippen molar-refractivity contribution in [3.8, 4) is 5.75 Å². The number of rotatable bonds is 7. The molecular formula is C15H20N2O2. The first-order valence-corrected chi connectivity index (χ1v) is 6.54. The Kier molecular flexibility index (Phi) is 4.98. The maximum atomic E-state index is 5.70. The molecule has 1 aromatic carbocycles. The molecule has 0 saturated carbocycles. The van der Waals surface area contributed by atoms with Crippen molar-refractivity contribution >= 4 is 0 Å². The Morgan fingerprint density at radius 2 is 1.95 bits per heavy atom. The van der Waals surface area contributed by atoms with E-state index >= 15 is 0 Å². The third-order valence-corrected chi connectivity index (χ3v) is 2.93. The van der Waals surface area contributed by atoms with E-state index in [1.54, 1.807) is 7.11 Å². The second-order valence-corrected chi connectivity index (χ2v) is 4.38. The zero-order valence-corrected chi connectivity index (χ0v) is 11.5. The summed E-state index contributed by atoms with van der Waals surface area (Å²) in [6.07, 6.45) is 4.92. The van der Waals surface area contributed by atoms with Gasteiger partial charge in [0.05, 0.1) is 13.7 Å². The SMILES string of the molecule is CCCn1ccnc1COCc1ccc(OC)cc1. The molecule has 2 rings (SSSR count). The minimum Gasteiger partial charge on any atom is -0.497 e. The standard InChI is InChI=1S/C15H20N2O2/c1-3-9-17-10-8-16-15(17)12-19-11-13-4-6-14(18-2)7-5-13/h4-8,10H,3,9,11-12H2,1-2H3. The van der Waals surface area contributed by atoms with Crippen LogP contribution in [0.15, 0.2) is 36.7 Å². The fourth-order valence-corrected chi connectivity index (χ4v) is 1.91. The average molecular weight is 260 g/mol. The van der Waals surface area contributed by atoms with Gasteiger partial charge in [-0.15, -0.1) is 0 Å². The van der Waals surface area contributed by atoms with Crippen LogP contribution in [0.25, 0.3) is 0 Å². The summed E-state index contributed by atoms with van der Waals surface area (Å²) in [6.45, 7) is 4.27. The minimum atomic E-state index is 0.541. The first-order valence-electron chi connectivity index (χ1n) is 6.54. The lowest BCUT2D eigenvalue weighted by atomic mass is 10.2. The summed E-state index contributed by atoms with van der Waals surface area (Å²) in [5, 5.41) is 0. The third-order valence-electron chi connectivity index (χ3n) is 2.93. The number of hydrogen-bond donors (Lipinski definition) is 0. The Morgan fingerprint density at radius 3 is 2.63 bits per heavy atom. The Labute approximate surface area is 114 Å². The van der Waals surface area contributed by atoms with E-state index in [2.05, 4.69) is 16.5 Å². The predicted molar refractivity (Wildman–Crippen MR) is 74.0 cm³/mol. The summed E-state index contributed by atoms with van der Waals surface area (Å²) in [7, 11) is 1.67. The average Bonchev–Trinajstić information content (AvgIpc) is 2.88. The number of benzene rings is 1. The number of hydrogen-bond acceptors (Lipinski definition) is 3. The summed E-state index contributed by atoms with van der Waals surface area (Å²) >= 11 is 0. The monoisotopic (exact) mass is 260 g/mol. The van der Waals surface area contributed by atoms with Crippen LogP contribution in [0.3, 0.4) is 0 Å². The molecule has 4 heteroatoms. The van der Waals surface area contributed by atoms with Crippen molar-refractivity contribution < 1.29 is 9.47 Å². The van der Waals surface area contributed by atoms with Crippen molar-refractivity contribution in [2.24, 2.45) is 0 Å². The summed E-state index contributed by atoms with van der Waals surface area (Å²) in [6, 6.07) is 7.90. The van der Waals surface area contributed by atoms with Crippen LogP contribution in [0.5, 0.6) is 5.75 Å². The molecule has 0 bridgehead atoms. The highest BCUT2D eigenvalue weighted by molar-refractivity contribution is 5.26. The highest BCUT2D eigenvalue weighted by Crippen LogP contribution is 2.12. The van der Waals surface area contributed by atoms with Gasteiger partial charge in [-0.25, -0.2) is 4.98 Å². The van der Waals surface area contributed by atoms with Gasteiger partial charge in [0.25, 0.3) is 0 Å². The summed E-state index contributed by atoms with van der Waals surface area (Å²) < 4.78 is 13.0. The Bertz CT molecular complexity index is 491. The molecule has 0 radical (unpaired) electrons. The van der Waals surface area contributed by atoms with Crippen LogP contribution in [0.1, 0.15) is 24.7 Å². The topological polar surface area (TPSA) is 36.3 Å². The zero-order valence-electron chi connectivity index (χ0n) is 11.5. The van der Waals surface area contributed by atoms with Crippen molar-refractivity contribution in [1.29, 1.82) is 0 Å². The number of aryl methyl sites for hydroxylation is 1. The Hall–Kier alpha value is -1.81. The molecule has 0 spiro atoms. The molecule has 1 heterocycles. The van der Waals surface area contributed by atoms with E-state index < -0.39 is 0 Å². The smallest absolute Gasteiger partial charge is 0.134 e. The van der Waals surface area contributed by atoms with Crippen molar-refractivity contribution in [2.45, 2.75) is 33.1 Å². The van der Waals surface area contributed by atoms with E-state index in [1.807, 2.05) is 36.7 Å². The van der Waals surface area contributed by atoms with Gasteiger partial charge in [0.2, 0.25) is 0 Å². The van der Waals surface area contributed by atoms with Crippen LogP contribution in [0.2, 0.25) is 0 Å². The van der Waals surface area contributed by atoms with Gasteiger partial charge in [0.15, 0.2) is 0 Å². The Balaban J connectivity index is 1.83. The van der Waals surface area contributed by atoms with E-state index in [9.17, 15) is 0 Å². The van der Waals surface area contributed by atoms with Crippen LogP contribution >= 0.6 is 0 Å². The molecule has 1 aromatic heterocycles. The van der Waals surface area contributed by atoms with Crippen molar-refractivity contribution in [1.82, 2.24) is 9.55 Å². The van der Waals surface area contributed by atoms with Crippen molar-refractivity contribution in [2.75, 3.05) is 7.11 Å². The molecule has 0 amide bonds. The highest BCUT2D eigenvalue weighted by atomic mass is 16.5. The number of ether oxygens (including phenoxy) is 2. The van der Waals surface area contributed by atoms with E-state index in [0.29, 0.717) is 13.2 Å².